The topological polar surface area (TPSA) is 20.2 Å². The third-order valence-corrected chi connectivity index (χ3v) is 8.26. The zero-order valence-corrected chi connectivity index (χ0v) is 19.5. The Morgan fingerprint density at radius 1 is 1.17 bits per heavy atom. The lowest BCUT2D eigenvalue weighted by Crippen LogP contribution is -2.40. The molecule has 0 saturated heterocycles. The van der Waals surface area contributed by atoms with Crippen molar-refractivity contribution in [3.63, 3.8) is 0 Å². The van der Waals surface area contributed by atoms with Crippen molar-refractivity contribution in [3.05, 3.63) is 35.5 Å². The van der Waals surface area contributed by atoms with Crippen LogP contribution >= 0.6 is 0 Å². The van der Waals surface area contributed by atoms with E-state index < -0.39 is 11.8 Å². The largest absolute Gasteiger partial charge is 0.393 e. The molecule has 5 atom stereocenters. The molecule has 170 valence electrons. The van der Waals surface area contributed by atoms with Crippen LogP contribution in [0.3, 0.4) is 0 Å². The smallest absolute Gasteiger partial charge is 0.252 e. The Morgan fingerprint density at radius 2 is 1.90 bits per heavy atom. The fraction of sp³-hybridized carbons (Fsp3) is 0.778. The highest BCUT2D eigenvalue weighted by atomic mass is 19.3. The fourth-order valence-electron chi connectivity index (χ4n) is 6.74. The summed E-state index contributed by atoms with van der Waals surface area (Å²) in [6, 6.07) is 0. The van der Waals surface area contributed by atoms with E-state index in [1.807, 2.05) is 0 Å². The molecule has 3 heteroatoms. The van der Waals surface area contributed by atoms with Crippen LogP contribution < -0.4 is 0 Å². The maximum atomic E-state index is 15.4. The number of alkyl halides is 2. The van der Waals surface area contributed by atoms with Crippen LogP contribution in [-0.2, 0) is 0 Å². The summed E-state index contributed by atoms with van der Waals surface area (Å²) in [5.41, 5.74) is 3.06. The van der Waals surface area contributed by atoms with Gasteiger partial charge in [0.2, 0.25) is 0 Å². The van der Waals surface area contributed by atoms with Crippen molar-refractivity contribution >= 4 is 0 Å². The first kappa shape index (κ1) is 23.7. The molecule has 3 aliphatic rings. The molecule has 0 amide bonds. The third-order valence-electron chi connectivity index (χ3n) is 8.26. The molecule has 0 aliphatic heterocycles. The van der Waals surface area contributed by atoms with Crippen molar-refractivity contribution in [2.75, 3.05) is 0 Å². The van der Waals surface area contributed by atoms with Gasteiger partial charge in [0.15, 0.2) is 0 Å². The molecule has 0 aromatic rings. The van der Waals surface area contributed by atoms with Gasteiger partial charge in [0.05, 0.1) is 6.10 Å². The van der Waals surface area contributed by atoms with E-state index in [9.17, 15) is 5.11 Å². The van der Waals surface area contributed by atoms with E-state index in [0.717, 1.165) is 62.5 Å². The molecule has 0 unspecified atom stereocenters. The maximum absolute atomic E-state index is 15.4. The molecule has 0 radical (unpaired) electrons. The molecule has 0 bridgehead atoms. The lowest BCUT2D eigenvalue weighted by atomic mass is 9.60. The minimum atomic E-state index is -2.59. The number of hydrogen-bond acceptors (Lipinski definition) is 1. The molecule has 0 aromatic heterocycles. The number of fused-ring (bicyclic) bond motifs is 1. The third kappa shape index (κ3) is 4.92. The van der Waals surface area contributed by atoms with E-state index in [4.69, 9.17) is 0 Å². The quantitative estimate of drug-likeness (QED) is 0.463. The van der Waals surface area contributed by atoms with Crippen molar-refractivity contribution in [3.8, 4) is 0 Å². The molecule has 3 fully saturated rings. The molecule has 1 N–H and O–H groups in total. The molecule has 0 aromatic carbocycles. The number of hydrogen-bond donors (Lipinski definition) is 1. The molecule has 0 heterocycles. The Hall–Kier alpha value is -0.960. The first-order valence-corrected chi connectivity index (χ1v) is 12.2. The summed E-state index contributed by atoms with van der Waals surface area (Å²) in [6.45, 7) is 12.8. The number of aliphatic hydroxyl groups is 1. The van der Waals surface area contributed by atoms with Crippen molar-refractivity contribution < 1.29 is 13.9 Å². The van der Waals surface area contributed by atoms with Crippen molar-refractivity contribution in [1.82, 2.24) is 0 Å². The van der Waals surface area contributed by atoms with Crippen LogP contribution in [0.4, 0.5) is 8.78 Å². The van der Waals surface area contributed by atoms with Gasteiger partial charge in [-0.15, -0.1) is 0 Å². The van der Waals surface area contributed by atoms with E-state index in [2.05, 4.69) is 46.4 Å². The lowest BCUT2D eigenvalue weighted by molar-refractivity contribution is -0.0875. The molecular formula is C27H42F2O. The van der Waals surface area contributed by atoms with Crippen LogP contribution in [-0.4, -0.2) is 17.1 Å². The predicted molar refractivity (Wildman–Crippen MR) is 122 cm³/mol. The molecule has 3 saturated carbocycles. The van der Waals surface area contributed by atoms with Crippen LogP contribution in [0.2, 0.25) is 0 Å². The monoisotopic (exact) mass is 420 g/mol. The van der Waals surface area contributed by atoms with E-state index in [-0.39, 0.29) is 29.8 Å². The molecule has 3 rings (SSSR count). The second-order valence-corrected chi connectivity index (χ2v) is 11.1. The second kappa shape index (κ2) is 9.27. The molecular weight excluding hydrogens is 378 g/mol. The first-order valence-electron chi connectivity index (χ1n) is 12.2. The van der Waals surface area contributed by atoms with Gasteiger partial charge in [-0.05, 0) is 67.3 Å². The summed E-state index contributed by atoms with van der Waals surface area (Å²) in [6.07, 6.45) is 12.0. The highest BCUT2D eigenvalue weighted by Crippen LogP contribution is 2.65. The van der Waals surface area contributed by atoms with Crippen molar-refractivity contribution in [1.29, 1.82) is 0 Å². The van der Waals surface area contributed by atoms with E-state index in [1.54, 1.807) is 0 Å². The first-order chi connectivity index (χ1) is 14.0. The summed E-state index contributed by atoms with van der Waals surface area (Å²) in [5.74, 6) is -2.45. The highest BCUT2D eigenvalue weighted by molar-refractivity contribution is 5.36. The standard InChI is InChI=1S/C27H42F2O/c1-18(2)8-6-9-20(4)25-26(5)15-7-10-21(24(26)17-27(25,28)29)12-13-22-16-23(30)14-11-19(22)3/h12-13,18,20,23-25,30H,3,6-11,14-17H2,1-2,4-5H3/b21-12+,22-13+/t20-,23+,24+,25-,26-/m1/s1. The van der Waals surface area contributed by atoms with E-state index in [0.29, 0.717) is 12.3 Å². The van der Waals surface area contributed by atoms with Crippen LogP contribution in [0.25, 0.3) is 0 Å². The van der Waals surface area contributed by atoms with Gasteiger partial charge in [0.1, 0.15) is 0 Å². The van der Waals surface area contributed by atoms with E-state index >= 15 is 8.78 Å². The number of aliphatic hydroxyl groups excluding tert-OH is 1. The zero-order valence-electron chi connectivity index (χ0n) is 19.5. The molecule has 1 nitrogen and oxygen atoms in total. The van der Waals surface area contributed by atoms with Crippen LogP contribution in [0.1, 0.15) is 91.9 Å². The van der Waals surface area contributed by atoms with Crippen LogP contribution in [0.5, 0.6) is 0 Å². The summed E-state index contributed by atoms with van der Waals surface area (Å²) in [4.78, 5) is 0. The normalized spacial score (nSPS) is 37.7. The van der Waals surface area contributed by atoms with Gasteiger partial charge >= 0.3 is 0 Å². The second-order valence-electron chi connectivity index (χ2n) is 11.1. The SMILES string of the molecule is C=C1CC[C@H](O)C/C1=C\C=C1/CCC[C@]2(C)[C@H]1CC(F)(F)[C@@H]2[C@H](C)CCCC(C)C. The Labute approximate surface area is 182 Å². The van der Waals surface area contributed by atoms with E-state index in [1.165, 1.54) is 5.57 Å². The minimum absolute atomic E-state index is 0.00126. The number of rotatable bonds is 6. The Bertz CT molecular complexity index is 689. The van der Waals surface area contributed by atoms with Gasteiger partial charge in [-0.1, -0.05) is 76.8 Å². The summed E-state index contributed by atoms with van der Waals surface area (Å²) in [5, 5.41) is 9.99. The average molecular weight is 421 g/mol. The highest BCUT2D eigenvalue weighted by Gasteiger charge is 2.63. The lowest BCUT2D eigenvalue weighted by Gasteiger charge is -2.44. The Morgan fingerprint density at radius 3 is 2.60 bits per heavy atom. The van der Waals surface area contributed by atoms with Gasteiger partial charge in [-0.2, -0.15) is 0 Å². The van der Waals surface area contributed by atoms with Crippen molar-refractivity contribution in [2.24, 2.45) is 29.1 Å². The minimum Gasteiger partial charge on any atom is -0.393 e. The maximum Gasteiger partial charge on any atom is 0.252 e. The summed E-state index contributed by atoms with van der Waals surface area (Å²) in [7, 11) is 0. The van der Waals surface area contributed by atoms with Crippen LogP contribution in [0, 0.1) is 29.1 Å². The van der Waals surface area contributed by atoms with Crippen molar-refractivity contribution in [2.45, 2.75) is 104 Å². The van der Waals surface area contributed by atoms with Gasteiger partial charge in [-0.25, -0.2) is 8.78 Å². The Kier molecular flexibility index (Phi) is 7.32. The zero-order chi connectivity index (χ0) is 22.1. The molecule has 3 aliphatic carbocycles. The number of halogens is 2. The molecule has 0 spiro atoms. The summed E-state index contributed by atoms with van der Waals surface area (Å²) >= 11 is 0. The van der Waals surface area contributed by atoms with Gasteiger partial charge in [0, 0.05) is 12.3 Å². The summed E-state index contributed by atoms with van der Waals surface area (Å²) < 4.78 is 30.8. The fourth-order valence-corrected chi connectivity index (χ4v) is 6.74. The van der Waals surface area contributed by atoms with Gasteiger partial charge < -0.3 is 5.11 Å². The van der Waals surface area contributed by atoms with Gasteiger partial charge in [0.25, 0.3) is 5.92 Å². The van der Waals surface area contributed by atoms with Crippen LogP contribution in [0.15, 0.2) is 35.5 Å². The predicted octanol–water partition coefficient (Wildman–Crippen LogP) is 7.86. The molecule has 30 heavy (non-hydrogen) atoms. The van der Waals surface area contributed by atoms with Gasteiger partial charge in [-0.3, -0.25) is 0 Å². The Balaban J connectivity index is 1.81. The average Bonchev–Trinajstić information content (AvgIpc) is 2.87. The number of allylic oxidation sites excluding steroid dienone is 4.